The lowest BCUT2D eigenvalue weighted by Gasteiger charge is -2.21. The average molecular weight is 342 g/mol. The van der Waals surface area contributed by atoms with Gasteiger partial charge in [0.15, 0.2) is 5.78 Å². The summed E-state index contributed by atoms with van der Waals surface area (Å²) >= 11 is 5.99. The highest BCUT2D eigenvalue weighted by molar-refractivity contribution is 6.32. The van der Waals surface area contributed by atoms with E-state index in [1.165, 1.54) is 25.1 Å². The van der Waals surface area contributed by atoms with Gasteiger partial charge in [-0.25, -0.2) is 9.59 Å². The van der Waals surface area contributed by atoms with Crippen LogP contribution in [0, 0.1) is 0 Å². The van der Waals surface area contributed by atoms with Crippen LogP contribution < -0.4 is 5.32 Å². The van der Waals surface area contributed by atoms with Crippen LogP contribution in [-0.4, -0.2) is 34.6 Å². The Kier molecular flexibility index (Phi) is 6.15. The fourth-order valence-electron chi connectivity index (χ4n) is 1.83. The molecule has 23 heavy (non-hydrogen) atoms. The van der Waals surface area contributed by atoms with Crippen molar-refractivity contribution in [2.45, 2.75) is 45.8 Å². The third-order valence-electron chi connectivity index (χ3n) is 2.92. The van der Waals surface area contributed by atoms with Crippen molar-refractivity contribution < 1.29 is 24.2 Å². The van der Waals surface area contributed by atoms with Crippen LogP contribution in [0.5, 0.6) is 0 Å². The molecule has 0 aliphatic rings. The Morgan fingerprint density at radius 2 is 1.91 bits per heavy atom. The van der Waals surface area contributed by atoms with Crippen molar-refractivity contribution in [2.75, 3.05) is 0 Å². The van der Waals surface area contributed by atoms with Crippen molar-refractivity contribution in [3.05, 3.63) is 34.3 Å². The third-order valence-corrected chi connectivity index (χ3v) is 3.27. The van der Waals surface area contributed by atoms with Gasteiger partial charge in [0.1, 0.15) is 5.60 Å². The summed E-state index contributed by atoms with van der Waals surface area (Å²) in [5.41, 5.74) is -0.480. The molecule has 1 unspecified atom stereocenters. The number of rotatable bonds is 5. The molecule has 0 bridgehead atoms. The van der Waals surface area contributed by atoms with Crippen LogP contribution in [0.2, 0.25) is 5.02 Å². The fraction of sp³-hybridized carbons (Fsp3) is 0.438. The standard InChI is InChI=1S/C16H20ClNO5/c1-9(18-15(22)23-16(2,3)4)13(19)8-11-10(14(20)21)6-5-7-12(11)17/h5-7,9H,8H2,1-4H3,(H,18,22)(H,20,21). The minimum absolute atomic E-state index is 0.0321. The smallest absolute Gasteiger partial charge is 0.408 e. The lowest BCUT2D eigenvalue weighted by Crippen LogP contribution is -2.42. The minimum Gasteiger partial charge on any atom is -0.478 e. The molecule has 0 saturated heterocycles. The van der Waals surface area contributed by atoms with Crippen LogP contribution in [0.4, 0.5) is 4.79 Å². The Hall–Kier alpha value is -2.08. The molecule has 2 N–H and O–H groups in total. The average Bonchev–Trinajstić information content (AvgIpc) is 2.38. The number of hydrogen-bond donors (Lipinski definition) is 2. The first-order valence-electron chi connectivity index (χ1n) is 7.04. The monoisotopic (exact) mass is 341 g/mol. The summed E-state index contributed by atoms with van der Waals surface area (Å²) in [5, 5.41) is 11.8. The van der Waals surface area contributed by atoms with Gasteiger partial charge in [0.2, 0.25) is 0 Å². The van der Waals surface area contributed by atoms with Crippen molar-refractivity contribution in [3.8, 4) is 0 Å². The van der Waals surface area contributed by atoms with Gasteiger partial charge in [0, 0.05) is 11.4 Å². The van der Waals surface area contributed by atoms with E-state index in [-0.39, 0.29) is 28.4 Å². The number of nitrogens with one attached hydrogen (secondary N) is 1. The molecule has 0 saturated carbocycles. The normalized spacial score (nSPS) is 12.4. The van der Waals surface area contributed by atoms with E-state index in [2.05, 4.69) is 5.32 Å². The Morgan fingerprint density at radius 3 is 2.43 bits per heavy atom. The zero-order valence-electron chi connectivity index (χ0n) is 13.5. The highest BCUT2D eigenvalue weighted by Gasteiger charge is 2.23. The molecule has 1 atom stereocenters. The van der Waals surface area contributed by atoms with Crippen LogP contribution in [0.1, 0.15) is 43.6 Å². The molecule has 1 aromatic rings. The lowest BCUT2D eigenvalue weighted by atomic mass is 9.99. The highest BCUT2D eigenvalue weighted by Crippen LogP contribution is 2.21. The van der Waals surface area contributed by atoms with Crippen molar-refractivity contribution in [1.82, 2.24) is 5.32 Å². The molecule has 0 spiro atoms. The van der Waals surface area contributed by atoms with Crippen molar-refractivity contribution in [3.63, 3.8) is 0 Å². The summed E-state index contributed by atoms with van der Waals surface area (Å²) < 4.78 is 5.07. The predicted octanol–water partition coefficient (Wildman–Crippen LogP) is 3.06. The number of ether oxygens (including phenoxy) is 1. The summed E-state index contributed by atoms with van der Waals surface area (Å²) in [6.07, 6.45) is -0.908. The topological polar surface area (TPSA) is 92.7 Å². The third kappa shape index (κ3) is 5.90. The molecule has 126 valence electrons. The maximum atomic E-state index is 12.2. The summed E-state index contributed by atoms with van der Waals surface area (Å²) in [4.78, 5) is 35.1. The molecule has 0 fully saturated rings. The Labute approximate surface area is 139 Å². The van der Waals surface area contributed by atoms with Crippen LogP contribution in [-0.2, 0) is 16.0 Å². The number of aromatic carboxylic acids is 1. The molecule has 0 heterocycles. The largest absolute Gasteiger partial charge is 0.478 e. The summed E-state index contributed by atoms with van der Waals surface area (Å²) in [6, 6.07) is 3.57. The molecule has 7 heteroatoms. The number of ketones is 1. The summed E-state index contributed by atoms with van der Waals surface area (Å²) in [5.74, 6) is -1.53. The van der Waals surface area contributed by atoms with E-state index in [0.717, 1.165) is 0 Å². The van der Waals surface area contributed by atoms with Gasteiger partial charge >= 0.3 is 12.1 Å². The molecular formula is C16H20ClNO5. The second-order valence-corrected chi connectivity index (χ2v) is 6.49. The number of hydrogen-bond acceptors (Lipinski definition) is 4. The minimum atomic E-state index is -1.16. The second kappa shape index (κ2) is 7.46. The number of carbonyl (C=O) groups excluding carboxylic acids is 2. The number of carbonyl (C=O) groups is 3. The molecular weight excluding hydrogens is 322 g/mol. The van der Waals surface area contributed by atoms with Gasteiger partial charge in [0.25, 0.3) is 0 Å². The molecule has 0 aliphatic carbocycles. The number of Topliss-reactive ketones (excluding diaryl/α,β-unsaturated/α-hetero) is 1. The van der Waals surface area contributed by atoms with Gasteiger partial charge in [0.05, 0.1) is 11.6 Å². The second-order valence-electron chi connectivity index (χ2n) is 6.08. The van der Waals surface area contributed by atoms with E-state index >= 15 is 0 Å². The first kappa shape index (κ1) is 19.0. The molecule has 6 nitrogen and oxygen atoms in total. The Bertz CT molecular complexity index is 621. The summed E-state index contributed by atoms with van der Waals surface area (Å²) in [7, 11) is 0. The fourth-order valence-corrected chi connectivity index (χ4v) is 2.07. The first-order chi connectivity index (χ1) is 10.5. The van der Waals surface area contributed by atoms with Gasteiger partial charge < -0.3 is 15.2 Å². The predicted molar refractivity (Wildman–Crippen MR) is 86.0 cm³/mol. The van der Waals surface area contributed by atoms with Gasteiger partial charge in [-0.3, -0.25) is 4.79 Å². The van der Waals surface area contributed by atoms with E-state index in [1.54, 1.807) is 20.8 Å². The van der Waals surface area contributed by atoms with E-state index < -0.39 is 23.7 Å². The van der Waals surface area contributed by atoms with Gasteiger partial charge in [-0.15, -0.1) is 0 Å². The van der Waals surface area contributed by atoms with Gasteiger partial charge in [-0.05, 0) is 45.4 Å². The maximum absolute atomic E-state index is 12.2. The van der Waals surface area contributed by atoms with Crippen molar-refractivity contribution >= 4 is 29.4 Å². The van der Waals surface area contributed by atoms with Crippen LogP contribution in [0.25, 0.3) is 0 Å². The number of alkyl carbamates (subject to hydrolysis) is 1. The van der Waals surface area contributed by atoms with Crippen molar-refractivity contribution in [1.29, 1.82) is 0 Å². The van der Waals surface area contributed by atoms with Crippen molar-refractivity contribution in [2.24, 2.45) is 0 Å². The van der Waals surface area contributed by atoms with E-state index in [9.17, 15) is 14.4 Å². The maximum Gasteiger partial charge on any atom is 0.408 e. The molecule has 0 aromatic heterocycles. The molecule has 1 rings (SSSR count). The summed E-state index contributed by atoms with van der Waals surface area (Å²) in [6.45, 7) is 6.63. The Balaban J connectivity index is 2.80. The van der Waals surface area contributed by atoms with E-state index in [1.807, 2.05) is 0 Å². The highest BCUT2D eigenvalue weighted by atomic mass is 35.5. The SMILES string of the molecule is CC(NC(=O)OC(C)(C)C)C(=O)Cc1c(Cl)cccc1C(=O)O. The number of carboxylic acid groups (broad SMARTS) is 1. The van der Waals surface area contributed by atoms with Crippen LogP contribution in [0.15, 0.2) is 18.2 Å². The zero-order chi connectivity index (χ0) is 17.8. The van der Waals surface area contributed by atoms with E-state index in [0.29, 0.717) is 0 Å². The molecule has 0 radical (unpaired) electrons. The van der Waals surface area contributed by atoms with Gasteiger partial charge in [-0.1, -0.05) is 17.7 Å². The molecule has 1 amide bonds. The number of amides is 1. The number of halogens is 1. The Morgan fingerprint density at radius 1 is 1.30 bits per heavy atom. The number of carboxylic acids is 1. The lowest BCUT2D eigenvalue weighted by molar-refractivity contribution is -0.120. The first-order valence-corrected chi connectivity index (χ1v) is 7.42. The van der Waals surface area contributed by atoms with E-state index in [4.69, 9.17) is 21.4 Å². The van der Waals surface area contributed by atoms with Crippen LogP contribution in [0.3, 0.4) is 0 Å². The van der Waals surface area contributed by atoms with Gasteiger partial charge in [-0.2, -0.15) is 0 Å². The van der Waals surface area contributed by atoms with Crippen LogP contribution >= 0.6 is 11.6 Å². The number of benzene rings is 1. The molecule has 1 aromatic carbocycles. The quantitative estimate of drug-likeness (QED) is 0.858. The molecule has 0 aliphatic heterocycles. The zero-order valence-corrected chi connectivity index (χ0v) is 14.2.